The second kappa shape index (κ2) is 6.15. The van der Waals surface area contributed by atoms with Crippen molar-refractivity contribution in [3.8, 4) is 17.1 Å². The van der Waals surface area contributed by atoms with Crippen molar-refractivity contribution in [2.45, 2.75) is 12.1 Å². The Morgan fingerprint density at radius 1 is 1.09 bits per heavy atom. The number of hydrogen-bond acceptors (Lipinski definition) is 4. The number of thioether (sulfide) groups is 1. The first-order valence-corrected chi connectivity index (χ1v) is 8.09. The van der Waals surface area contributed by atoms with Crippen LogP contribution < -0.4 is 0 Å². The summed E-state index contributed by atoms with van der Waals surface area (Å²) in [5.74, 6) is 0.717. The third kappa shape index (κ3) is 2.80. The molecule has 5 heteroatoms. The summed E-state index contributed by atoms with van der Waals surface area (Å²) in [5, 5.41) is 5.39. The minimum absolute atomic E-state index is 0.0379. The Balaban J connectivity index is 2.09. The molecule has 0 amide bonds. The van der Waals surface area contributed by atoms with Gasteiger partial charge in [0, 0.05) is 11.1 Å². The molecule has 0 N–H and O–H groups in total. The van der Waals surface area contributed by atoms with Gasteiger partial charge < -0.3 is 0 Å². The summed E-state index contributed by atoms with van der Waals surface area (Å²) in [6, 6.07) is 17.3. The molecular formula is C17H15N3OS. The third-order valence-electron chi connectivity index (χ3n) is 3.29. The van der Waals surface area contributed by atoms with E-state index in [-0.39, 0.29) is 5.78 Å². The highest BCUT2D eigenvalue weighted by molar-refractivity contribution is 7.98. The van der Waals surface area contributed by atoms with Crippen LogP contribution in [-0.4, -0.2) is 26.8 Å². The lowest BCUT2D eigenvalue weighted by molar-refractivity contribution is 0.101. The largest absolute Gasteiger partial charge is 0.295 e. The SMILES string of the molecule is CSc1nc(-c2ccccc2)nn1-c1cccc(C(C)=O)c1. The van der Waals surface area contributed by atoms with Crippen LogP contribution in [0, 0.1) is 0 Å². The molecule has 110 valence electrons. The van der Waals surface area contributed by atoms with Gasteiger partial charge in [-0.3, -0.25) is 4.79 Å². The van der Waals surface area contributed by atoms with Crippen molar-refractivity contribution in [2.75, 3.05) is 6.26 Å². The van der Waals surface area contributed by atoms with Gasteiger partial charge in [0.05, 0.1) is 5.69 Å². The van der Waals surface area contributed by atoms with E-state index in [2.05, 4.69) is 10.1 Å². The first-order valence-electron chi connectivity index (χ1n) is 6.87. The highest BCUT2D eigenvalue weighted by Crippen LogP contribution is 2.23. The van der Waals surface area contributed by atoms with Crippen LogP contribution in [0.25, 0.3) is 17.1 Å². The lowest BCUT2D eigenvalue weighted by Gasteiger charge is -2.05. The van der Waals surface area contributed by atoms with Gasteiger partial charge in [-0.2, -0.15) is 0 Å². The average molecular weight is 309 g/mol. The van der Waals surface area contributed by atoms with Crippen LogP contribution in [0.3, 0.4) is 0 Å². The van der Waals surface area contributed by atoms with Crippen molar-refractivity contribution < 1.29 is 4.79 Å². The summed E-state index contributed by atoms with van der Waals surface area (Å²) in [5.41, 5.74) is 2.48. The van der Waals surface area contributed by atoms with E-state index in [0.29, 0.717) is 11.4 Å². The first kappa shape index (κ1) is 14.5. The Hall–Kier alpha value is -2.40. The molecule has 0 atom stereocenters. The number of ketones is 1. The van der Waals surface area contributed by atoms with Crippen LogP contribution in [0.4, 0.5) is 0 Å². The normalized spacial score (nSPS) is 10.6. The third-order valence-corrected chi connectivity index (χ3v) is 3.92. The minimum Gasteiger partial charge on any atom is -0.295 e. The van der Waals surface area contributed by atoms with Gasteiger partial charge in [-0.05, 0) is 25.3 Å². The summed E-state index contributed by atoms with van der Waals surface area (Å²) in [6.45, 7) is 1.56. The number of hydrogen-bond donors (Lipinski definition) is 0. The number of rotatable bonds is 4. The molecule has 0 aliphatic carbocycles. The van der Waals surface area contributed by atoms with Gasteiger partial charge in [0.2, 0.25) is 0 Å². The molecule has 0 spiro atoms. The summed E-state index contributed by atoms with van der Waals surface area (Å²) >= 11 is 1.52. The van der Waals surface area contributed by atoms with Gasteiger partial charge in [0.15, 0.2) is 16.8 Å². The predicted octanol–water partition coefficient (Wildman–Crippen LogP) is 3.86. The van der Waals surface area contributed by atoms with Crippen molar-refractivity contribution in [2.24, 2.45) is 0 Å². The highest BCUT2D eigenvalue weighted by Gasteiger charge is 2.13. The summed E-state index contributed by atoms with van der Waals surface area (Å²) in [7, 11) is 0. The molecule has 0 radical (unpaired) electrons. The fourth-order valence-electron chi connectivity index (χ4n) is 2.16. The average Bonchev–Trinajstić information content (AvgIpc) is 3.00. The Morgan fingerprint density at radius 2 is 1.86 bits per heavy atom. The number of benzene rings is 2. The molecule has 1 heterocycles. The summed E-state index contributed by atoms with van der Waals surface area (Å²) in [6.07, 6.45) is 1.96. The molecule has 0 unspecified atom stereocenters. The molecule has 0 aliphatic heterocycles. The fraction of sp³-hybridized carbons (Fsp3) is 0.118. The Labute approximate surface area is 133 Å². The highest BCUT2D eigenvalue weighted by atomic mass is 32.2. The molecule has 0 aliphatic rings. The predicted molar refractivity (Wildman–Crippen MR) is 88.6 cm³/mol. The maximum atomic E-state index is 11.6. The summed E-state index contributed by atoms with van der Waals surface area (Å²) < 4.78 is 1.78. The maximum Gasteiger partial charge on any atom is 0.191 e. The zero-order valence-electron chi connectivity index (χ0n) is 12.4. The van der Waals surface area contributed by atoms with Gasteiger partial charge >= 0.3 is 0 Å². The van der Waals surface area contributed by atoms with E-state index in [0.717, 1.165) is 16.4 Å². The van der Waals surface area contributed by atoms with Gasteiger partial charge in [-0.15, -0.1) is 5.10 Å². The van der Waals surface area contributed by atoms with Crippen molar-refractivity contribution in [1.29, 1.82) is 0 Å². The number of carbonyl (C=O) groups excluding carboxylic acids is 1. The smallest absolute Gasteiger partial charge is 0.191 e. The number of aromatic nitrogens is 3. The van der Waals surface area contributed by atoms with Crippen LogP contribution in [0.1, 0.15) is 17.3 Å². The van der Waals surface area contributed by atoms with Gasteiger partial charge in [-0.25, -0.2) is 9.67 Å². The van der Waals surface area contributed by atoms with E-state index in [1.54, 1.807) is 17.7 Å². The van der Waals surface area contributed by atoms with Crippen LogP contribution in [-0.2, 0) is 0 Å². The van der Waals surface area contributed by atoms with E-state index in [9.17, 15) is 4.79 Å². The zero-order valence-corrected chi connectivity index (χ0v) is 13.2. The first-order chi connectivity index (χ1) is 10.7. The van der Waals surface area contributed by atoms with E-state index in [1.165, 1.54) is 11.8 Å². The van der Waals surface area contributed by atoms with Gasteiger partial charge in [0.1, 0.15) is 0 Å². The summed E-state index contributed by atoms with van der Waals surface area (Å²) in [4.78, 5) is 16.1. The van der Waals surface area contributed by atoms with E-state index in [1.807, 2.05) is 54.8 Å². The Kier molecular flexibility index (Phi) is 4.06. The Morgan fingerprint density at radius 3 is 2.55 bits per heavy atom. The van der Waals surface area contributed by atoms with Gasteiger partial charge in [-0.1, -0.05) is 54.2 Å². The lowest BCUT2D eigenvalue weighted by Crippen LogP contribution is -2.01. The van der Waals surface area contributed by atoms with E-state index in [4.69, 9.17) is 0 Å². The van der Waals surface area contributed by atoms with Crippen molar-refractivity contribution in [3.63, 3.8) is 0 Å². The molecule has 3 rings (SSSR count). The van der Waals surface area contributed by atoms with Crippen molar-refractivity contribution in [1.82, 2.24) is 14.8 Å². The fourth-order valence-corrected chi connectivity index (χ4v) is 2.66. The molecule has 0 saturated carbocycles. The molecule has 4 nitrogen and oxygen atoms in total. The number of Topliss-reactive ketones (excluding diaryl/α,β-unsaturated/α-hetero) is 1. The van der Waals surface area contributed by atoms with Crippen molar-refractivity contribution in [3.05, 3.63) is 60.2 Å². The molecule has 0 saturated heterocycles. The monoisotopic (exact) mass is 309 g/mol. The van der Waals surface area contributed by atoms with Crippen LogP contribution in [0.5, 0.6) is 0 Å². The number of nitrogens with zero attached hydrogens (tertiary/aromatic N) is 3. The molecule has 0 fully saturated rings. The molecule has 0 bridgehead atoms. The molecular weight excluding hydrogens is 294 g/mol. The van der Waals surface area contributed by atoms with Crippen molar-refractivity contribution >= 4 is 17.5 Å². The van der Waals surface area contributed by atoms with E-state index >= 15 is 0 Å². The van der Waals surface area contributed by atoms with Crippen LogP contribution in [0.15, 0.2) is 59.8 Å². The van der Waals surface area contributed by atoms with Crippen LogP contribution in [0.2, 0.25) is 0 Å². The minimum atomic E-state index is 0.0379. The molecule has 2 aromatic carbocycles. The molecule has 1 aromatic heterocycles. The molecule has 3 aromatic rings. The van der Waals surface area contributed by atoms with Crippen LogP contribution >= 0.6 is 11.8 Å². The number of carbonyl (C=O) groups is 1. The molecule has 22 heavy (non-hydrogen) atoms. The van der Waals surface area contributed by atoms with Gasteiger partial charge in [0.25, 0.3) is 0 Å². The maximum absolute atomic E-state index is 11.6. The quantitative estimate of drug-likeness (QED) is 0.542. The standard InChI is InChI=1S/C17H15N3OS/c1-12(21)14-9-6-10-15(11-14)20-17(22-2)18-16(19-20)13-7-4-3-5-8-13/h3-11H,1-2H3. The Bertz CT molecular complexity index is 812. The second-order valence-electron chi connectivity index (χ2n) is 4.81. The lowest BCUT2D eigenvalue weighted by atomic mass is 10.1. The second-order valence-corrected chi connectivity index (χ2v) is 5.58. The zero-order chi connectivity index (χ0) is 15.5. The van der Waals surface area contributed by atoms with E-state index < -0.39 is 0 Å². The topological polar surface area (TPSA) is 47.8 Å².